The van der Waals surface area contributed by atoms with Crippen molar-refractivity contribution in [1.29, 1.82) is 0 Å². The fraction of sp³-hybridized carbons (Fsp3) is 0.391. The zero-order valence-electron chi connectivity index (χ0n) is 18.7. The number of hydrogen-bond donors (Lipinski definition) is 1. The van der Waals surface area contributed by atoms with Crippen molar-refractivity contribution in [2.24, 2.45) is 0 Å². The third-order valence-corrected chi connectivity index (χ3v) is 6.02. The van der Waals surface area contributed by atoms with Crippen LogP contribution in [0.2, 0.25) is 0 Å². The first kappa shape index (κ1) is 21.6. The standard InChI is InChI=1S/C23H28N6O3/c1-5-10-29-14-18(17-6-9-24-21(17)23(29)31)22(30)27(3)16-7-11-28(12-8-16)19-13-20(32-4)26-15(2)25-19/h5-6,9,13-14,16,24H,1,7-8,10-12H2,2-4H3. The van der Waals surface area contributed by atoms with E-state index >= 15 is 0 Å². The first-order valence-electron chi connectivity index (χ1n) is 10.7. The third kappa shape index (κ3) is 3.98. The lowest BCUT2D eigenvalue weighted by molar-refractivity contribution is 0.0710. The van der Waals surface area contributed by atoms with Gasteiger partial charge in [0, 0.05) is 56.6 Å². The molecule has 0 radical (unpaired) electrons. The largest absolute Gasteiger partial charge is 0.481 e. The van der Waals surface area contributed by atoms with Crippen molar-refractivity contribution in [1.82, 2.24) is 24.4 Å². The second kappa shape index (κ2) is 8.86. The molecule has 1 saturated heterocycles. The Morgan fingerprint density at radius 3 is 2.81 bits per heavy atom. The van der Waals surface area contributed by atoms with Crippen LogP contribution in [-0.2, 0) is 6.54 Å². The van der Waals surface area contributed by atoms with E-state index < -0.39 is 0 Å². The topological polar surface area (TPSA) is 96.3 Å². The van der Waals surface area contributed by atoms with Gasteiger partial charge in [-0.15, -0.1) is 6.58 Å². The van der Waals surface area contributed by atoms with Crippen molar-refractivity contribution in [3.63, 3.8) is 0 Å². The van der Waals surface area contributed by atoms with E-state index in [1.54, 1.807) is 36.5 Å². The van der Waals surface area contributed by atoms with Crippen LogP contribution in [0.4, 0.5) is 5.82 Å². The number of H-pyrrole nitrogens is 1. The summed E-state index contributed by atoms with van der Waals surface area (Å²) in [5.41, 5.74) is 0.797. The summed E-state index contributed by atoms with van der Waals surface area (Å²) in [6.45, 7) is 7.45. The molecule has 0 aromatic carbocycles. The highest BCUT2D eigenvalue weighted by atomic mass is 16.5. The number of nitrogens with zero attached hydrogens (tertiary/aromatic N) is 5. The molecule has 0 saturated carbocycles. The first-order chi connectivity index (χ1) is 15.4. The van der Waals surface area contributed by atoms with Crippen LogP contribution in [0.15, 0.2) is 42.0 Å². The lowest BCUT2D eigenvalue weighted by Gasteiger charge is -2.37. The fourth-order valence-electron chi connectivity index (χ4n) is 4.27. The van der Waals surface area contributed by atoms with Gasteiger partial charge in [0.2, 0.25) is 5.88 Å². The van der Waals surface area contributed by atoms with Gasteiger partial charge in [0.15, 0.2) is 0 Å². The summed E-state index contributed by atoms with van der Waals surface area (Å²) in [5.74, 6) is 1.96. The Balaban J connectivity index is 1.52. The van der Waals surface area contributed by atoms with Gasteiger partial charge >= 0.3 is 0 Å². The summed E-state index contributed by atoms with van der Waals surface area (Å²) >= 11 is 0. The molecule has 1 aliphatic heterocycles. The molecule has 32 heavy (non-hydrogen) atoms. The number of fused-ring (bicyclic) bond motifs is 1. The minimum absolute atomic E-state index is 0.0922. The molecule has 0 unspecified atom stereocenters. The number of aromatic nitrogens is 4. The van der Waals surface area contributed by atoms with Crippen LogP contribution < -0.4 is 15.2 Å². The molecule has 1 aliphatic rings. The second-order valence-corrected chi connectivity index (χ2v) is 8.01. The molecule has 4 heterocycles. The van der Waals surface area contributed by atoms with Crippen molar-refractivity contribution in [3.8, 4) is 5.88 Å². The van der Waals surface area contributed by atoms with Gasteiger partial charge in [-0.25, -0.2) is 4.98 Å². The van der Waals surface area contributed by atoms with Crippen molar-refractivity contribution in [2.75, 3.05) is 32.1 Å². The maximum atomic E-state index is 13.4. The Kier molecular flexibility index (Phi) is 5.98. The number of rotatable bonds is 6. The lowest BCUT2D eigenvalue weighted by atomic mass is 10.0. The van der Waals surface area contributed by atoms with Crippen LogP contribution in [0.5, 0.6) is 5.88 Å². The van der Waals surface area contributed by atoms with Gasteiger partial charge in [0.25, 0.3) is 11.5 Å². The van der Waals surface area contributed by atoms with Crippen LogP contribution in [0, 0.1) is 6.92 Å². The highest BCUT2D eigenvalue weighted by Crippen LogP contribution is 2.25. The Morgan fingerprint density at radius 2 is 2.12 bits per heavy atom. The number of hydrogen-bond acceptors (Lipinski definition) is 6. The van der Waals surface area contributed by atoms with Crippen LogP contribution in [-0.4, -0.2) is 63.6 Å². The summed E-state index contributed by atoms with van der Waals surface area (Å²) in [6, 6.07) is 3.72. The highest BCUT2D eigenvalue weighted by molar-refractivity contribution is 6.06. The van der Waals surface area contributed by atoms with Gasteiger partial charge in [-0.05, 0) is 25.8 Å². The predicted molar refractivity (Wildman–Crippen MR) is 123 cm³/mol. The number of methoxy groups -OCH3 is 1. The number of carbonyl (C=O) groups is 1. The molecule has 0 atom stereocenters. The van der Waals surface area contributed by atoms with Crippen molar-refractivity contribution < 1.29 is 9.53 Å². The van der Waals surface area contributed by atoms with E-state index in [4.69, 9.17) is 4.74 Å². The Hall–Kier alpha value is -3.62. The lowest BCUT2D eigenvalue weighted by Crippen LogP contribution is -2.46. The van der Waals surface area contributed by atoms with Crippen LogP contribution in [0.25, 0.3) is 10.9 Å². The number of piperidine rings is 1. The van der Waals surface area contributed by atoms with E-state index in [9.17, 15) is 9.59 Å². The Morgan fingerprint density at radius 1 is 1.38 bits per heavy atom. The third-order valence-electron chi connectivity index (χ3n) is 6.02. The first-order valence-corrected chi connectivity index (χ1v) is 10.7. The number of aryl methyl sites for hydroxylation is 1. The van der Waals surface area contributed by atoms with Gasteiger partial charge in [-0.2, -0.15) is 4.98 Å². The molecule has 1 fully saturated rings. The monoisotopic (exact) mass is 436 g/mol. The van der Waals surface area contributed by atoms with E-state index in [1.165, 1.54) is 4.57 Å². The smallest absolute Gasteiger partial charge is 0.275 e. The van der Waals surface area contributed by atoms with Crippen molar-refractivity contribution >= 4 is 22.6 Å². The summed E-state index contributed by atoms with van der Waals surface area (Å²) in [7, 11) is 3.43. The number of aromatic amines is 1. The maximum Gasteiger partial charge on any atom is 0.275 e. The molecule has 4 rings (SSSR count). The number of ether oxygens (including phenoxy) is 1. The number of pyridine rings is 1. The summed E-state index contributed by atoms with van der Waals surface area (Å²) < 4.78 is 6.78. The quantitative estimate of drug-likeness (QED) is 0.596. The van der Waals surface area contributed by atoms with E-state index in [-0.39, 0.29) is 17.5 Å². The molecule has 3 aromatic heterocycles. The summed E-state index contributed by atoms with van der Waals surface area (Å²) in [4.78, 5) is 41.8. The van der Waals surface area contributed by atoms with Gasteiger partial charge < -0.3 is 24.1 Å². The van der Waals surface area contributed by atoms with Gasteiger partial charge in [-0.1, -0.05) is 6.08 Å². The maximum absolute atomic E-state index is 13.4. The summed E-state index contributed by atoms with van der Waals surface area (Å²) in [5, 5.41) is 0.646. The van der Waals surface area contributed by atoms with Crippen LogP contribution in [0.1, 0.15) is 29.0 Å². The average molecular weight is 437 g/mol. The molecule has 0 spiro atoms. The molecule has 9 heteroatoms. The number of amides is 1. The molecule has 168 valence electrons. The van der Waals surface area contributed by atoms with E-state index in [2.05, 4.69) is 26.4 Å². The molecular weight excluding hydrogens is 408 g/mol. The fourth-order valence-corrected chi connectivity index (χ4v) is 4.27. The zero-order valence-corrected chi connectivity index (χ0v) is 18.7. The molecule has 3 aromatic rings. The minimum Gasteiger partial charge on any atom is -0.481 e. The Bertz CT molecular complexity index is 1210. The number of anilines is 1. The molecule has 1 amide bonds. The van der Waals surface area contributed by atoms with Crippen LogP contribution >= 0.6 is 0 Å². The summed E-state index contributed by atoms with van der Waals surface area (Å²) in [6.07, 6.45) is 6.61. The van der Waals surface area contributed by atoms with Gasteiger partial charge in [0.1, 0.15) is 17.2 Å². The van der Waals surface area contributed by atoms with Crippen molar-refractivity contribution in [2.45, 2.75) is 32.4 Å². The second-order valence-electron chi connectivity index (χ2n) is 8.01. The van der Waals surface area contributed by atoms with E-state index in [1.807, 2.05) is 20.0 Å². The van der Waals surface area contributed by atoms with Gasteiger partial charge in [-0.3, -0.25) is 9.59 Å². The molecule has 9 nitrogen and oxygen atoms in total. The molecular formula is C23H28N6O3. The highest BCUT2D eigenvalue weighted by Gasteiger charge is 2.28. The van der Waals surface area contributed by atoms with Crippen LogP contribution in [0.3, 0.4) is 0 Å². The molecule has 0 aliphatic carbocycles. The number of carbonyl (C=O) groups excluding carboxylic acids is 1. The number of allylic oxidation sites excluding steroid dienone is 1. The zero-order chi connectivity index (χ0) is 22.8. The normalized spacial score (nSPS) is 14.5. The predicted octanol–water partition coefficient (Wildman–Crippen LogP) is 2.36. The van der Waals surface area contributed by atoms with Gasteiger partial charge in [0.05, 0.1) is 12.7 Å². The number of nitrogens with one attached hydrogen (secondary N) is 1. The molecule has 1 N–H and O–H groups in total. The van der Waals surface area contributed by atoms with E-state index in [0.717, 1.165) is 31.7 Å². The van der Waals surface area contributed by atoms with E-state index in [0.29, 0.717) is 34.7 Å². The minimum atomic E-state index is -0.159. The average Bonchev–Trinajstić information content (AvgIpc) is 3.30. The van der Waals surface area contributed by atoms with Crippen molar-refractivity contribution in [3.05, 3.63) is 58.9 Å². The SMILES string of the molecule is C=CCn1cc(C(=O)N(C)C2CCN(c3cc(OC)nc(C)n3)CC2)c2cc[nH]c2c1=O. The molecule has 0 bridgehead atoms. The Labute approximate surface area is 186 Å².